The number of halogens is 1. The first-order valence-electron chi connectivity index (χ1n) is 10.4. The number of fused-ring (bicyclic) bond motifs is 1. The van der Waals surface area contributed by atoms with Gasteiger partial charge >= 0.3 is 0 Å². The van der Waals surface area contributed by atoms with E-state index in [0.717, 1.165) is 55.3 Å². The molecule has 4 rings (SSSR count). The van der Waals surface area contributed by atoms with E-state index in [1.54, 1.807) is 0 Å². The molecule has 9 heteroatoms. The van der Waals surface area contributed by atoms with Crippen LogP contribution >= 0.6 is 0 Å². The van der Waals surface area contributed by atoms with Crippen molar-refractivity contribution < 1.29 is 12.8 Å². The molecule has 0 spiro atoms. The van der Waals surface area contributed by atoms with Crippen LogP contribution in [0, 0.1) is 17.7 Å². The summed E-state index contributed by atoms with van der Waals surface area (Å²) in [6.45, 7) is 1.15. The maximum Gasteiger partial charge on any atom is 0.240 e. The van der Waals surface area contributed by atoms with Gasteiger partial charge in [0, 0.05) is 18.5 Å². The van der Waals surface area contributed by atoms with Gasteiger partial charge < -0.3 is 11.1 Å². The van der Waals surface area contributed by atoms with E-state index in [9.17, 15) is 12.8 Å². The number of nitrogens with zero attached hydrogens (tertiary/aromatic N) is 2. The molecule has 1 aliphatic carbocycles. The van der Waals surface area contributed by atoms with Crippen LogP contribution in [-0.4, -0.2) is 31.5 Å². The lowest BCUT2D eigenvalue weighted by atomic mass is 9.82. The number of aromatic nitrogens is 2. The second-order valence-electron chi connectivity index (χ2n) is 8.02. The standard InChI is InChI=1S/C22H26FN5O2S/c23-17-9-11-18(12-10-17)31(29,30)26-14-16-7-5-15(6-8-16)13-25-22-27-20-4-2-1-3-19(20)21(24)28-22/h1-4,9-12,15-16,26H,5-8,13-14H2,(H3,24,25,27,28)/t15-,16-. The van der Waals surface area contributed by atoms with E-state index < -0.39 is 15.8 Å². The molecule has 4 N–H and O–H groups in total. The Bertz CT molecular complexity index is 1150. The molecule has 2 aromatic carbocycles. The summed E-state index contributed by atoms with van der Waals surface area (Å²) in [4.78, 5) is 8.96. The van der Waals surface area contributed by atoms with Crippen LogP contribution in [0.1, 0.15) is 25.7 Å². The van der Waals surface area contributed by atoms with E-state index in [1.807, 2.05) is 24.3 Å². The molecular formula is C22H26FN5O2S. The third kappa shape index (κ3) is 5.29. The maximum atomic E-state index is 13.0. The van der Waals surface area contributed by atoms with Crippen LogP contribution < -0.4 is 15.8 Å². The van der Waals surface area contributed by atoms with Crippen molar-refractivity contribution in [2.75, 3.05) is 24.1 Å². The fourth-order valence-electron chi connectivity index (χ4n) is 3.98. The molecule has 31 heavy (non-hydrogen) atoms. The Morgan fingerprint density at radius 3 is 2.29 bits per heavy atom. The zero-order valence-corrected chi connectivity index (χ0v) is 17.9. The number of rotatable bonds is 7. The highest BCUT2D eigenvalue weighted by Gasteiger charge is 2.23. The van der Waals surface area contributed by atoms with Crippen molar-refractivity contribution in [3.63, 3.8) is 0 Å². The van der Waals surface area contributed by atoms with Crippen molar-refractivity contribution in [3.8, 4) is 0 Å². The molecule has 164 valence electrons. The third-order valence-electron chi connectivity index (χ3n) is 5.83. The minimum Gasteiger partial charge on any atom is -0.383 e. The van der Waals surface area contributed by atoms with Crippen molar-refractivity contribution >= 4 is 32.7 Å². The van der Waals surface area contributed by atoms with Crippen molar-refractivity contribution in [3.05, 3.63) is 54.3 Å². The number of sulfonamides is 1. The number of anilines is 2. The second kappa shape index (κ2) is 9.15. The predicted molar refractivity (Wildman–Crippen MR) is 119 cm³/mol. The number of nitrogen functional groups attached to an aromatic ring is 1. The number of nitrogens with two attached hydrogens (primary N) is 1. The molecule has 0 bridgehead atoms. The Morgan fingerprint density at radius 1 is 0.935 bits per heavy atom. The monoisotopic (exact) mass is 443 g/mol. The van der Waals surface area contributed by atoms with Gasteiger partial charge in [-0.3, -0.25) is 0 Å². The predicted octanol–water partition coefficient (Wildman–Crippen LogP) is 3.55. The van der Waals surface area contributed by atoms with Crippen LogP contribution in [0.3, 0.4) is 0 Å². The zero-order chi connectivity index (χ0) is 21.8. The molecule has 3 aromatic rings. The molecule has 1 aliphatic rings. The smallest absolute Gasteiger partial charge is 0.240 e. The first-order valence-corrected chi connectivity index (χ1v) is 11.9. The highest BCUT2D eigenvalue weighted by Crippen LogP contribution is 2.29. The third-order valence-corrected chi connectivity index (χ3v) is 7.27. The largest absolute Gasteiger partial charge is 0.383 e. The maximum absolute atomic E-state index is 13.0. The number of para-hydroxylation sites is 1. The van der Waals surface area contributed by atoms with E-state index in [4.69, 9.17) is 5.73 Å². The molecule has 1 heterocycles. The van der Waals surface area contributed by atoms with Crippen LogP contribution in [-0.2, 0) is 10.0 Å². The summed E-state index contributed by atoms with van der Waals surface area (Å²) in [7, 11) is -3.62. The summed E-state index contributed by atoms with van der Waals surface area (Å²) in [6.07, 6.45) is 3.88. The van der Waals surface area contributed by atoms with E-state index in [2.05, 4.69) is 20.0 Å². The highest BCUT2D eigenvalue weighted by molar-refractivity contribution is 7.89. The Morgan fingerprint density at radius 2 is 1.58 bits per heavy atom. The topological polar surface area (TPSA) is 110 Å². The Labute approximate surface area is 181 Å². The lowest BCUT2D eigenvalue weighted by Crippen LogP contribution is -2.32. The van der Waals surface area contributed by atoms with Gasteiger partial charge in [0.05, 0.1) is 10.4 Å². The first-order chi connectivity index (χ1) is 14.9. The fraction of sp³-hybridized carbons (Fsp3) is 0.364. The number of hydrogen-bond donors (Lipinski definition) is 3. The molecule has 0 saturated heterocycles. The van der Waals surface area contributed by atoms with Crippen LogP contribution in [0.25, 0.3) is 10.9 Å². The van der Waals surface area contributed by atoms with E-state index in [1.165, 1.54) is 12.1 Å². The SMILES string of the molecule is Nc1nc(NC[C@H]2CC[C@H](CNS(=O)(=O)c3ccc(F)cc3)CC2)nc2ccccc12. The summed E-state index contributed by atoms with van der Waals surface area (Å²) in [5, 5.41) is 4.14. The molecule has 0 amide bonds. The van der Waals surface area contributed by atoms with Gasteiger partial charge in [-0.25, -0.2) is 22.5 Å². The van der Waals surface area contributed by atoms with Crippen molar-refractivity contribution in [2.24, 2.45) is 11.8 Å². The average Bonchev–Trinajstić information content (AvgIpc) is 2.77. The normalized spacial score (nSPS) is 19.4. The summed E-state index contributed by atoms with van der Waals surface area (Å²) in [5.41, 5.74) is 6.85. The van der Waals surface area contributed by atoms with Gasteiger partial charge in [-0.15, -0.1) is 0 Å². The van der Waals surface area contributed by atoms with E-state index in [0.29, 0.717) is 30.1 Å². The van der Waals surface area contributed by atoms with E-state index >= 15 is 0 Å². The minimum absolute atomic E-state index is 0.0847. The summed E-state index contributed by atoms with van der Waals surface area (Å²) in [5.74, 6) is 1.30. The molecular weight excluding hydrogens is 417 g/mol. The van der Waals surface area contributed by atoms with Gasteiger partial charge in [-0.05, 0) is 73.9 Å². The van der Waals surface area contributed by atoms with Crippen molar-refractivity contribution in [1.29, 1.82) is 0 Å². The summed E-state index contributed by atoms with van der Waals surface area (Å²) in [6, 6.07) is 12.5. The summed E-state index contributed by atoms with van der Waals surface area (Å²) < 4.78 is 40.4. The van der Waals surface area contributed by atoms with E-state index in [-0.39, 0.29) is 4.90 Å². The molecule has 1 aromatic heterocycles. The summed E-state index contributed by atoms with van der Waals surface area (Å²) >= 11 is 0. The molecule has 0 radical (unpaired) electrons. The second-order valence-corrected chi connectivity index (χ2v) is 9.79. The molecule has 1 saturated carbocycles. The number of nitrogens with one attached hydrogen (secondary N) is 2. The van der Waals surface area contributed by atoms with Gasteiger partial charge in [0.25, 0.3) is 0 Å². The van der Waals surface area contributed by atoms with Crippen LogP contribution in [0.4, 0.5) is 16.2 Å². The van der Waals surface area contributed by atoms with Crippen LogP contribution in [0.2, 0.25) is 0 Å². The highest BCUT2D eigenvalue weighted by atomic mass is 32.2. The van der Waals surface area contributed by atoms with Gasteiger partial charge in [-0.1, -0.05) is 12.1 Å². The lowest BCUT2D eigenvalue weighted by Gasteiger charge is -2.28. The van der Waals surface area contributed by atoms with Crippen LogP contribution in [0.5, 0.6) is 0 Å². The molecule has 7 nitrogen and oxygen atoms in total. The molecule has 1 fully saturated rings. The lowest BCUT2D eigenvalue weighted by molar-refractivity contribution is 0.284. The quantitative estimate of drug-likeness (QED) is 0.515. The number of hydrogen-bond acceptors (Lipinski definition) is 6. The van der Waals surface area contributed by atoms with Gasteiger partial charge in [-0.2, -0.15) is 4.98 Å². The zero-order valence-electron chi connectivity index (χ0n) is 17.1. The fourth-order valence-corrected chi connectivity index (χ4v) is 5.10. The van der Waals surface area contributed by atoms with Gasteiger partial charge in [0.1, 0.15) is 11.6 Å². The average molecular weight is 444 g/mol. The van der Waals surface area contributed by atoms with Gasteiger partial charge in [0.2, 0.25) is 16.0 Å². The van der Waals surface area contributed by atoms with Crippen molar-refractivity contribution in [2.45, 2.75) is 30.6 Å². The number of benzene rings is 2. The molecule has 0 unspecified atom stereocenters. The molecule has 0 atom stereocenters. The molecule has 0 aliphatic heterocycles. The Kier molecular flexibility index (Phi) is 6.33. The Balaban J connectivity index is 1.25. The minimum atomic E-state index is -3.62. The first kappa shape index (κ1) is 21.5. The Hall–Kier alpha value is -2.78. The van der Waals surface area contributed by atoms with Crippen LogP contribution in [0.15, 0.2) is 53.4 Å². The van der Waals surface area contributed by atoms with Gasteiger partial charge in [0.15, 0.2) is 0 Å². The van der Waals surface area contributed by atoms with Crippen molar-refractivity contribution in [1.82, 2.24) is 14.7 Å².